The predicted molar refractivity (Wildman–Crippen MR) is 90.2 cm³/mol. The molecular weight excluding hydrogens is 272 g/mol. The lowest BCUT2D eigenvalue weighted by Crippen LogP contribution is -1.85. The highest BCUT2D eigenvalue weighted by molar-refractivity contribution is 6.07. The molecule has 0 bridgehead atoms. The fraction of sp³-hybridized carbons (Fsp3) is 0. The van der Waals surface area contributed by atoms with Crippen LogP contribution in [0.25, 0.3) is 32.7 Å². The first kappa shape index (κ1) is 12.7. The van der Waals surface area contributed by atoms with Gasteiger partial charge in [0.25, 0.3) is 0 Å². The molecule has 0 heterocycles. The summed E-state index contributed by atoms with van der Waals surface area (Å²) in [6.07, 6.45) is 0. The van der Waals surface area contributed by atoms with Crippen LogP contribution in [0.1, 0.15) is 0 Å². The second-order valence-corrected chi connectivity index (χ2v) is 5.39. The molecule has 0 spiro atoms. The largest absolute Gasteiger partial charge is 0.508 e. The van der Waals surface area contributed by atoms with Gasteiger partial charge in [-0.25, -0.2) is 0 Å². The van der Waals surface area contributed by atoms with E-state index in [1.165, 1.54) is 0 Å². The molecule has 0 aromatic heterocycles. The van der Waals surface area contributed by atoms with E-state index in [1.807, 2.05) is 36.4 Å². The summed E-state index contributed by atoms with van der Waals surface area (Å²) in [4.78, 5) is 0. The van der Waals surface area contributed by atoms with Crippen LogP contribution in [0.15, 0.2) is 72.8 Å². The standard InChI is InChI=1S/C20H14O2/c21-15-9-10-17-14(12-15)8-11-19(22)20(17)18-7-3-5-13-4-1-2-6-16(13)18/h1-12,21-22H. The van der Waals surface area contributed by atoms with Crippen molar-refractivity contribution in [3.63, 3.8) is 0 Å². The van der Waals surface area contributed by atoms with Gasteiger partial charge in [0.2, 0.25) is 0 Å². The number of hydrogen-bond donors (Lipinski definition) is 2. The Bertz CT molecular complexity index is 998. The van der Waals surface area contributed by atoms with Crippen molar-refractivity contribution < 1.29 is 10.2 Å². The van der Waals surface area contributed by atoms with Gasteiger partial charge in [0.15, 0.2) is 0 Å². The van der Waals surface area contributed by atoms with Crippen molar-refractivity contribution >= 4 is 21.5 Å². The number of hydrogen-bond acceptors (Lipinski definition) is 2. The Morgan fingerprint density at radius 2 is 1.41 bits per heavy atom. The highest BCUT2D eigenvalue weighted by Crippen LogP contribution is 2.40. The van der Waals surface area contributed by atoms with Gasteiger partial charge in [-0.15, -0.1) is 0 Å². The number of aromatic hydroxyl groups is 2. The van der Waals surface area contributed by atoms with Crippen LogP contribution >= 0.6 is 0 Å². The normalized spacial score (nSPS) is 11.1. The van der Waals surface area contributed by atoms with E-state index < -0.39 is 0 Å². The molecule has 2 N–H and O–H groups in total. The Balaban J connectivity index is 2.14. The first-order valence-electron chi connectivity index (χ1n) is 7.17. The lowest BCUT2D eigenvalue weighted by atomic mass is 9.93. The summed E-state index contributed by atoms with van der Waals surface area (Å²) in [5.74, 6) is 0.469. The van der Waals surface area contributed by atoms with Crippen molar-refractivity contribution in [1.82, 2.24) is 0 Å². The number of fused-ring (bicyclic) bond motifs is 2. The molecule has 4 aromatic carbocycles. The van der Waals surface area contributed by atoms with Gasteiger partial charge in [0.05, 0.1) is 0 Å². The minimum Gasteiger partial charge on any atom is -0.508 e. The number of phenolic OH excluding ortho intramolecular Hbond substituents is 2. The maximum atomic E-state index is 10.4. The molecule has 0 saturated heterocycles. The van der Waals surface area contributed by atoms with Crippen molar-refractivity contribution in [3.05, 3.63) is 72.8 Å². The van der Waals surface area contributed by atoms with Gasteiger partial charge in [-0.1, -0.05) is 48.5 Å². The molecule has 0 aliphatic heterocycles. The summed E-state index contributed by atoms with van der Waals surface area (Å²) in [7, 11) is 0. The number of phenols is 2. The van der Waals surface area contributed by atoms with Crippen molar-refractivity contribution in [2.45, 2.75) is 0 Å². The SMILES string of the molecule is Oc1ccc2c(-c3cccc4ccccc34)c(O)ccc2c1. The number of benzene rings is 4. The molecule has 0 unspecified atom stereocenters. The van der Waals surface area contributed by atoms with E-state index in [9.17, 15) is 10.2 Å². The summed E-state index contributed by atoms with van der Waals surface area (Å²) < 4.78 is 0. The van der Waals surface area contributed by atoms with Crippen LogP contribution in [0.5, 0.6) is 11.5 Å². The van der Waals surface area contributed by atoms with Crippen molar-refractivity contribution in [2.24, 2.45) is 0 Å². The van der Waals surface area contributed by atoms with E-state index in [2.05, 4.69) is 18.2 Å². The van der Waals surface area contributed by atoms with Crippen LogP contribution in [0.3, 0.4) is 0 Å². The third kappa shape index (κ3) is 1.89. The molecule has 0 saturated carbocycles. The lowest BCUT2D eigenvalue weighted by Gasteiger charge is -2.12. The summed E-state index contributed by atoms with van der Waals surface area (Å²) in [6, 6.07) is 22.9. The Morgan fingerprint density at radius 3 is 2.32 bits per heavy atom. The fourth-order valence-corrected chi connectivity index (χ4v) is 3.03. The summed E-state index contributed by atoms with van der Waals surface area (Å²) >= 11 is 0. The second-order valence-electron chi connectivity index (χ2n) is 5.39. The molecule has 2 nitrogen and oxygen atoms in total. The Morgan fingerprint density at radius 1 is 0.591 bits per heavy atom. The van der Waals surface area contributed by atoms with Crippen LogP contribution < -0.4 is 0 Å². The van der Waals surface area contributed by atoms with Crippen LogP contribution in [0, 0.1) is 0 Å². The maximum absolute atomic E-state index is 10.4. The summed E-state index contributed by atoms with van der Waals surface area (Å²) in [5, 5.41) is 24.2. The topological polar surface area (TPSA) is 40.5 Å². The van der Waals surface area contributed by atoms with Crippen LogP contribution in [-0.2, 0) is 0 Å². The molecule has 2 heteroatoms. The molecule has 22 heavy (non-hydrogen) atoms. The first-order valence-corrected chi connectivity index (χ1v) is 7.17. The second kappa shape index (κ2) is 4.78. The lowest BCUT2D eigenvalue weighted by molar-refractivity contribution is 0.475. The molecule has 0 aliphatic carbocycles. The van der Waals surface area contributed by atoms with E-state index in [4.69, 9.17) is 0 Å². The highest BCUT2D eigenvalue weighted by atomic mass is 16.3. The summed E-state index contributed by atoms with van der Waals surface area (Å²) in [5.41, 5.74) is 1.79. The van der Waals surface area contributed by atoms with Crippen LogP contribution in [-0.4, -0.2) is 10.2 Å². The first-order chi connectivity index (χ1) is 10.7. The molecule has 0 amide bonds. The zero-order chi connectivity index (χ0) is 15.1. The summed E-state index contributed by atoms with van der Waals surface area (Å²) in [6.45, 7) is 0. The predicted octanol–water partition coefficient (Wildman–Crippen LogP) is 5.07. The van der Waals surface area contributed by atoms with Gasteiger partial charge >= 0.3 is 0 Å². The monoisotopic (exact) mass is 286 g/mol. The van der Waals surface area contributed by atoms with E-state index in [0.29, 0.717) is 0 Å². The fourth-order valence-electron chi connectivity index (χ4n) is 3.03. The Kier molecular flexibility index (Phi) is 2.76. The third-order valence-electron chi connectivity index (χ3n) is 4.04. The van der Waals surface area contributed by atoms with E-state index in [1.54, 1.807) is 18.2 Å². The quantitative estimate of drug-likeness (QED) is 0.513. The third-order valence-corrected chi connectivity index (χ3v) is 4.04. The van der Waals surface area contributed by atoms with Crippen LogP contribution in [0.4, 0.5) is 0 Å². The zero-order valence-electron chi connectivity index (χ0n) is 11.8. The van der Waals surface area contributed by atoms with Crippen molar-refractivity contribution in [2.75, 3.05) is 0 Å². The average Bonchev–Trinajstić information content (AvgIpc) is 2.55. The minimum absolute atomic E-state index is 0.224. The molecule has 0 aliphatic rings. The highest BCUT2D eigenvalue weighted by Gasteiger charge is 2.12. The van der Waals surface area contributed by atoms with Gasteiger partial charge < -0.3 is 10.2 Å². The van der Waals surface area contributed by atoms with Crippen LogP contribution in [0.2, 0.25) is 0 Å². The smallest absolute Gasteiger partial charge is 0.124 e. The molecule has 4 rings (SSSR count). The molecule has 0 atom stereocenters. The molecule has 4 aromatic rings. The van der Waals surface area contributed by atoms with Gasteiger partial charge in [-0.2, -0.15) is 0 Å². The Labute approximate surface area is 127 Å². The Hall–Kier alpha value is -3.00. The molecular formula is C20H14O2. The minimum atomic E-state index is 0.224. The zero-order valence-corrected chi connectivity index (χ0v) is 11.8. The van der Waals surface area contributed by atoms with E-state index in [-0.39, 0.29) is 11.5 Å². The number of rotatable bonds is 1. The van der Waals surface area contributed by atoms with E-state index >= 15 is 0 Å². The average molecular weight is 286 g/mol. The van der Waals surface area contributed by atoms with Crippen molar-refractivity contribution in [1.29, 1.82) is 0 Å². The van der Waals surface area contributed by atoms with E-state index in [0.717, 1.165) is 32.7 Å². The van der Waals surface area contributed by atoms with Gasteiger partial charge in [-0.3, -0.25) is 0 Å². The molecule has 106 valence electrons. The maximum Gasteiger partial charge on any atom is 0.124 e. The van der Waals surface area contributed by atoms with Gasteiger partial charge in [-0.05, 0) is 51.4 Å². The molecule has 0 radical (unpaired) electrons. The van der Waals surface area contributed by atoms with Gasteiger partial charge in [0, 0.05) is 5.56 Å². The van der Waals surface area contributed by atoms with Gasteiger partial charge in [0.1, 0.15) is 11.5 Å². The van der Waals surface area contributed by atoms with Crippen molar-refractivity contribution in [3.8, 4) is 22.6 Å². The molecule has 0 fully saturated rings.